The Morgan fingerprint density at radius 2 is 2.14 bits per heavy atom. The molecule has 0 aliphatic rings. The zero-order chi connectivity index (χ0) is 15.4. The number of halogens is 2. The van der Waals surface area contributed by atoms with Crippen LogP contribution in [0.15, 0.2) is 41.0 Å². The summed E-state index contributed by atoms with van der Waals surface area (Å²) < 4.78 is 5.89. The number of ether oxygens (including phenoxy) is 1. The molecule has 0 bridgehead atoms. The summed E-state index contributed by atoms with van der Waals surface area (Å²) >= 11 is 9.09. The van der Waals surface area contributed by atoms with Crippen LogP contribution in [0.25, 0.3) is 0 Å². The standard InChI is InChI=1S/C13H8BrClN2O4/c14-11-4-2-1-3-8(11)7-21-13(18)10-5-9(17(19)20)6-16-12(10)15/h1-6H,7H2. The SMILES string of the molecule is O=C(OCc1ccccc1Br)c1cc([N+](=O)[O-])cnc1Cl. The highest BCUT2D eigenvalue weighted by Crippen LogP contribution is 2.21. The molecule has 6 nitrogen and oxygen atoms in total. The van der Waals surface area contributed by atoms with Crippen molar-refractivity contribution in [3.8, 4) is 0 Å². The summed E-state index contributed by atoms with van der Waals surface area (Å²) in [4.78, 5) is 25.6. The Hall–Kier alpha value is -1.99. The molecule has 0 saturated carbocycles. The first-order chi connectivity index (χ1) is 9.99. The van der Waals surface area contributed by atoms with Gasteiger partial charge in [0.1, 0.15) is 23.5 Å². The van der Waals surface area contributed by atoms with Crippen LogP contribution in [0.4, 0.5) is 5.69 Å². The van der Waals surface area contributed by atoms with Gasteiger partial charge < -0.3 is 4.74 Å². The summed E-state index contributed by atoms with van der Waals surface area (Å²) in [5.41, 5.74) is 0.297. The van der Waals surface area contributed by atoms with Gasteiger partial charge in [0.2, 0.25) is 0 Å². The maximum atomic E-state index is 11.9. The number of carbonyl (C=O) groups is 1. The lowest BCUT2D eigenvalue weighted by Gasteiger charge is -2.07. The first-order valence-electron chi connectivity index (χ1n) is 5.69. The number of benzene rings is 1. The van der Waals surface area contributed by atoms with E-state index in [1.165, 1.54) is 0 Å². The number of nitrogens with zero attached hydrogens (tertiary/aromatic N) is 2. The maximum Gasteiger partial charge on any atom is 0.341 e. The Morgan fingerprint density at radius 1 is 1.43 bits per heavy atom. The summed E-state index contributed by atoms with van der Waals surface area (Å²) in [7, 11) is 0. The van der Waals surface area contributed by atoms with E-state index in [0.717, 1.165) is 22.3 Å². The van der Waals surface area contributed by atoms with Crippen molar-refractivity contribution in [2.75, 3.05) is 0 Å². The van der Waals surface area contributed by atoms with Crippen molar-refractivity contribution in [3.63, 3.8) is 0 Å². The number of aromatic nitrogens is 1. The zero-order valence-electron chi connectivity index (χ0n) is 10.5. The van der Waals surface area contributed by atoms with Crippen LogP contribution in [0.5, 0.6) is 0 Å². The monoisotopic (exact) mass is 370 g/mol. The van der Waals surface area contributed by atoms with Crippen LogP contribution >= 0.6 is 27.5 Å². The van der Waals surface area contributed by atoms with Crippen LogP contribution in [0, 0.1) is 10.1 Å². The summed E-state index contributed by atoms with van der Waals surface area (Å²) in [6.07, 6.45) is 0.979. The number of carbonyl (C=O) groups excluding carboxylic acids is 1. The minimum absolute atomic E-state index is 0.0132. The third kappa shape index (κ3) is 3.77. The van der Waals surface area contributed by atoms with Gasteiger partial charge in [0.15, 0.2) is 0 Å². The van der Waals surface area contributed by atoms with Crippen LogP contribution in [-0.4, -0.2) is 15.9 Å². The molecule has 0 spiro atoms. The molecular formula is C13H8BrClN2O4. The van der Waals surface area contributed by atoms with Crippen LogP contribution in [0.2, 0.25) is 5.15 Å². The van der Waals surface area contributed by atoms with Gasteiger partial charge in [-0.3, -0.25) is 10.1 Å². The first-order valence-corrected chi connectivity index (χ1v) is 6.86. The van der Waals surface area contributed by atoms with E-state index in [-0.39, 0.29) is 23.0 Å². The quantitative estimate of drug-likeness (QED) is 0.354. The summed E-state index contributed by atoms with van der Waals surface area (Å²) in [5.74, 6) is -0.771. The predicted molar refractivity (Wildman–Crippen MR) is 79.2 cm³/mol. The molecule has 0 amide bonds. The Kier molecular flexibility index (Phi) is 4.87. The third-order valence-electron chi connectivity index (χ3n) is 2.57. The Balaban J connectivity index is 2.15. The van der Waals surface area contributed by atoms with Crippen molar-refractivity contribution >= 4 is 39.2 Å². The van der Waals surface area contributed by atoms with Crippen molar-refractivity contribution in [2.45, 2.75) is 6.61 Å². The fourth-order valence-electron chi connectivity index (χ4n) is 1.52. The molecule has 0 radical (unpaired) electrons. The normalized spacial score (nSPS) is 10.2. The van der Waals surface area contributed by atoms with Gasteiger partial charge in [0.05, 0.1) is 4.92 Å². The fraction of sp³-hybridized carbons (Fsp3) is 0.0769. The first kappa shape index (κ1) is 15.4. The van der Waals surface area contributed by atoms with Gasteiger partial charge in [-0.25, -0.2) is 9.78 Å². The third-order valence-corrected chi connectivity index (χ3v) is 3.65. The number of hydrogen-bond acceptors (Lipinski definition) is 5. The lowest BCUT2D eigenvalue weighted by Crippen LogP contribution is -2.08. The van der Waals surface area contributed by atoms with Gasteiger partial charge in [-0.1, -0.05) is 45.7 Å². The highest BCUT2D eigenvalue weighted by Gasteiger charge is 2.18. The van der Waals surface area contributed by atoms with Gasteiger partial charge in [-0.15, -0.1) is 0 Å². The molecule has 1 aromatic heterocycles. The molecule has 0 N–H and O–H groups in total. The summed E-state index contributed by atoms with van der Waals surface area (Å²) in [6.45, 7) is 0.0132. The van der Waals surface area contributed by atoms with E-state index in [1.54, 1.807) is 12.1 Å². The number of nitro groups is 1. The zero-order valence-corrected chi connectivity index (χ0v) is 12.8. The van der Waals surface area contributed by atoms with Crippen molar-refractivity contribution in [3.05, 3.63) is 67.4 Å². The molecule has 0 aliphatic heterocycles. The molecule has 0 aliphatic carbocycles. The van der Waals surface area contributed by atoms with Crippen molar-refractivity contribution in [2.24, 2.45) is 0 Å². The number of rotatable bonds is 4. The number of esters is 1. The molecule has 1 heterocycles. The average molecular weight is 372 g/mol. The lowest BCUT2D eigenvalue weighted by molar-refractivity contribution is -0.385. The maximum absolute atomic E-state index is 11.9. The highest BCUT2D eigenvalue weighted by molar-refractivity contribution is 9.10. The lowest BCUT2D eigenvalue weighted by atomic mass is 10.2. The molecule has 0 atom stereocenters. The van der Waals surface area contributed by atoms with E-state index in [1.807, 2.05) is 12.1 Å². The fourth-order valence-corrected chi connectivity index (χ4v) is 2.10. The molecule has 8 heteroatoms. The van der Waals surface area contributed by atoms with Gasteiger partial charge in [0, 0.05) is 16.1 Å². The summed E-state index contributed by atoms with van der Waals surface area (Å²) in [5, 5.41) is 10.5. The predicted octanol–water partition coefficient (Wildman–Crippen LogP) is 3.76. The highest BCUT2D eigenvalue weighted by atomic mass is 79.9. The van der Waals surface area contributed by atoms with Gasteiger partial charge in [-0.2, -0.15) is 0 Å². The van der Waals surface area contributed by atoms with Gasteiger partial charge in [0.25, 0.3) is 5.69 Å². The Morgan fingerprint density at radius 3 is 2.81 bits per heavy atom. The minimum Gasteiger partial charge on any atom is -0.457 e. The van der Waals surface area contributed by atoms with E-state index < -0.39 is 10.9 Å². The Bertz CT molecular complexity index is 708. The summed E-state index contributed by atoms with van der Waals surface area (Å²) in [6, 6.07) is 8.26. The largest absolute Gasteiger partial charge is 0.457 e. The second-order valence-corrected chi connectivity index (χ2v) is 5.17. The van der Waals surface area contributed by atoms with E-state index in [0.29, 0.717) is 0 Å². The molecule has 108 valence electrons. The van der Waals surface area contributed by atoms with Crippen LogP contribution in [-0.2, 0) is 11.3 Å². The molecule has 21 heavy (non-hydrogen) atoms. The van der Waals surface area contributed by atoms with E-state index in [4.69, 9.17) is 16.3 Å². The van der Waals surface area contributed by atoms with E-state index in [2.05, 4.69) is 20.9 Å². The minimum atomic E-state index is -0.771. The van der Waals surface area contributed by atoms with Crippen molar-refractivity contribution in [1.29, 1.82) is 0 Å². The van der Waals surface area contributed by atoms with Crippen molar-refractivity contribution in [1.82, 2.24) is 4.98 Å². The topological polar surface area (TPSA) is 82.3 Å². The van der Waals surface area contributed by atoms with Gasteiger partial charge in [-0.05, 0) is 6.07 Å². The number of pyridine rings is 1. The average Bonchev–Trinajstić information content (AvgIpc) is 2.46. The smallest absolute Gasteiger partial charge is 0.341 e. The van der Waals surface area contributed by atoms with E-state index in [9.17, 15) is 14.9 Å². The van der Waals surface area contributed by atoms with E-state index >= 15 is 0 Å². The molecule has 0 unspecified atom stereocenters. The molecule has 2 aromatic rings. The van der Waals surface area contributed by atoms with Crippen molar-refractivity contribution < 1.29 is 14.5 Å². The molecule has 0 saturated heterocycles. The molecular weight excluding hydrogens is 364 g/mol. The Labute approximate surface area is 133 Å². The number of hydrogen-bond donors (Lipinski definition) is 0. The van der Waals surface area contributed by atoms with Crippen LogP contribution in [0.1, 0.15) is 15.9 Å². The van der Waals surface area contributed by atoms with Crippen LogP contribution < -0.4 is 0 Å². The van der Waals surface area contributed by atoms with Crippen LogP contribution in [0.3, 0.4) is 0 Å². The second-order valence-electron chi connectivity index (χ2n) is 3.96. The van der Waals surface area contributed by atoms with Gasteiger partial charge >= 0.3 is 5.97 Å². The molecule has 1 aromatic carbocycles. The molecule has 2 rings (SSSR count). The second kappa shape index (κ2) is 6.64. The molecule has 0 fully saturated rings.